The molecule has 0 saturated carbocycles. The van der Waals surface area contributed by atoms with E-state index in [1.165, 1.54) is 12.4 Å². The van der Waals surface area contributed by atoms with Crippen LogP contribution in [0.15, 0.2) is 11.4 Å². The van der Waals surface area contributed by atoms with E-state index < -0.39 is 35.9 Å². The summed E-state index contributed by atoms with van der Waals surface area (Å²) >= 11 is 0.837. The molecular weight excluding hydrogens is 498 g/mol. The average molecular weight is 516 g/mol. The third kappa shape index (κ3) is 6.61. The predicted molar refractivity (Wildman–Crippen MR) is 108 cm³/mol. The maximum Gasteiger partial charge on any atom is 0.490 e. The van der Waals surface area contributed by atoms with Crippen LogP contribution < -0.4 is 15.5 Å². The van der Waals surface area contributed by atoms with Crippen molar-refractivity contribution in [3.05, 3.63) is 22.6 Å². The number of hydrogen-bond donors (Lipinski definition) is 4. The maximum atomic E-state index is 13.5. The van der Waals surface area contributed by atoms with E-state index in [1.807, 2.05) is 0 Å². The Balaban J connectivity index is 0.000000509. The molecule has 3 heterocycles. The standard InChI is InChI=1S/C16H17F3N4O3S.C2HF3O2/c1-20-14(24)9-7-27-13-10(16(17,18)19)6-11(22-12(9)13)23-4-2-8(3-5-23)21-15(25)26;3-2(4,5)1(6)7/h6-8,21H,2-5H2,1H3,(H,20,24)(H,25,26);(H,6,7). The summed E-state index contributed by atoms with van der Waals surface area (Å²) in [6.07, 6.45) is -9.87. The van der Waals surface area contributed by atoms with Gasteiger partial charge in [-0.25, -0.2) is 14.6 Å². The van der Waals surface area contributed by atoms with Crippen LogP contribution in [0.5, 0.6) is 0 Å². The first-order chi connectivity index (χ1) is 15.6. The van der Waals surface area contributed by atoms with Crippen LogP contribution in [0.2, 0.25) is 0 Å². The Kier molecular flexibility index (Phi) is 8.18. The average Bonchev–Trinajstić information content (AvgIpc) is 3.15. The third-order valence-corrected chi connectivity index (χ3v) is 5.68. The van der Waals surface area contributed by atoms with Crippen molar-refractivity contribution >= 4 is 45.3 Å². The fourth-order valence-corrected chi connectivity index (χ4v) is 4.11. The second kappa shape index (κ2) is 10.3. The lowest BCUT2D eigenvalue weighted by Crippen LogP contribution is -2.44. The molecule has 0 radical (unpaired) electrons. The first-order valence-corrected chi connectivity index (χ1v) is 10.3. The zero-order valence-corrected chi connectivity index (χ0v) is 18.1. The minimum atomic E-state index is -5.08. The van der Waals surface area contributed by atoms with Crippen molar-refractivity contribution in [1.29, 1.82) is 0 Å². The summed E-state index contributed by atoms with van der Waals surface area (Å²) in [5.41, 5.74) is -0.698. The van der Waals surface area contributed by atoms with Gasteiger partial charge in [0.15, 0.2) is 0 Å². The Morgan fingerprint density at radius 1 is 1.12 bits per heavy atom. The largest absolute Gasteiger partial charge is 0.490 e. The minimum Gasteiger partial charge on any atom is -0.475 e. The van der Waals surface area contributed by atoms with Crippen LogP contribution in [0.3, 0.4) is 0 Å². The summed E-state index contributed by atoms with van der Waals surface area (Å²) < 4.78 is 72.3. The Morgan fingerprint density at radius 3 is 2.12 bits per heavy atom. The maximum absolute atomic E-state index is 13.5. The van der Waals surface area contributed by atoms with Crippen LogP contribution >= 0.6 is 11.3 Å². The SMILES string of the molecule is CNC(=O)c1csc2c(C(F)(F)F)cc(N3CCC(NC(=O)O)CC3)nc12.O=C(O)C(F)(F)F. The Labute approximate surface area is 191 Å². The van der Waals surface area contributed by atoms with E-state index in [9.17, 15) is 35.9 Å². The molecule has 16 heteroatoms. The van der Waals surface area contributed by atoms with Crippen molar-refractivity contribution in [2.75, 3.05) is 25.0 Å². The van der Waals surface area contributed by atoms with Crippen molar-refractivity contribution in [3.63, 3.8) is 0 Å². The molecule has 1 saturated heterocycles. The quantitative estimate of drug-likeness (QED) is 0.459. The highest BCUT2D eigenvalue weighted by Gasteiger charge is 2.38. The van der Waals surface area contributed by atoms with Gasteiger partial charge in [-0.05, 0) is 18.9 Å². The summed E-state index contributed by atoms with van der Waals surface area (Å²) in [5.74, 6) is -3.12. The molecule has 34 heavy (non-hydrogen) atoms. The van der Waals surface area contributed by atoms with Crippen LogP contribution in [0.4, 0.5) is 37.0 Å². The second-order valence-electron chi connectivity index (χ2n) is 6.95. The molecule has 0 bridgehead atoms. The second-order valence-corrected chi connectivity index (χ2v) is 7.83. The number of thiophene rings is 1. The van der Waals surface area contributed by atoms with Crippen molar-refractivity contribution in [2.24, 2.45) is 0 Å². The van der Waals surface area contributed by atoms with Crippen LogP contribution in [-0.4, -0.2) is 65.5 Å². The number of rotatable bonds is 3. The molecule has 1 fully saturated rings. The fourth-order valence-electron chi connectivity index (χ4n) is 3.09. The molecule has 2 amide bonds. The highest BCUT2D eigenvalue weighted by atomic mass is 32.1. The molecule has 0 spiro atoms. The topological polar surface area (TPSA) is 132 Å². The van der Waals surface area contributed by atoms with Gasteiger partial charge in [-0.2, -0.15) is 26.3 Å². The summed E-state index contributed by atoms with van der Waals surface area (Å²) in [7, 11) is 1.40. The fraction of sp³-hybridized carbons (Fsp3) is 0.444. The van der Waals surface area contributed by atoms with E-state index in [0.29, 0.717) is 25.9 Å². The smallest absolute Gasteiger partial charge is 0.475 e. The number of pyridine rings is 1. The highest BCUT2D eigenvalue weighted by Crippen LogP contribution is 2.40. The first kappa shape index (κ1) is 26.9. The lowest BCUT2D eigenvalue weighted by Gasteiger charge is -2.33. The third-order valence-electron chi connectivity index (χ3n) is 4.68. The Bertz CT molecular complexity index is 1060. The highest BCUT2D eigenvalue weighted by molar-refractivity contribution is 7.17. The molecule has 188 valence electrons. The van der Waals surface area contributed by atoms with Gasteiger partial charge in [0.2, 0.25) is 0 Å². The van der Waals surface area contributed by atoms with Crippen LogP contribution in [-0.2, 0) is 11.0 Å². The van der Waals surface area contributed by atoms with Crippen LogP contribution in [0.1, 0.15) is 28.8 Å². The Morgan fingerprint density at radius 2 is 1.68 bits per heavy atom. The number of nitrogens with one attached hydrogen (secondary N) is 2. The van der Waals surface area contributed by atoms with Gasteiger partial charge < -0.3 is 25.7 Å². The van der Waals surface area contributed by atoms with Crippen molar-refractivity contribution in [3.8, 4) is 0 Å². The van der Waals surface area contributed by atoms with Gasteiger partial charge in [-0.1, -0.05) is 0 Å². The van der Waals surface area contributed by atoms with E-state index in [4.69, 9.17) is 15.0 Å². The number of nitrogens with zero attached hydrogens (tertiary/aromatic N) is 2. The molecule has 3 rings (SSSR count). The van der Waals surface area contributed by atoms with Crippen molar-refractivity contribution < 1.29 is 50.9 Å². The molecule has 0 aromatic carbocycles. The first-order valence-electron chi connectivity index (χ1n) is 9.41. The molecular formula is C18H18F6N4O5S. The number of amides is 2. The zero-order chi connectivity index (χ0) is 25.8. The van der Waals surface area contributed by atoms with E-state index in [1.54, 1.807) is 4.90 Å². The van der Waals surface area contributed by atoms with Gasteiger partial charge in [0, 0.05) is 31.6 Å². The number of alkyl halides is 6. The summed E-state index contributed by atoms with van der Waals surface area (Å²) in [5, 5.41) is 22.1. The number of halogens is 6. The molecule has 0 aliphatic carbocycles. The monoisotopic (exact) mass is 516 g/mol. The van der Waals surface area contributed by atoms with Gasteiger partial charge >= 0.3 is 24.4 Å². The summed E-state index contributed by atoms with van der Waals surface area (Å²) in [4.78, 5) is 37.6. The van der Waals surface area contributed by atoms with Crippen LogP contribution in [0, 0.1) is 0 Å². The van der Waals surface area contributed by atoms with Gasteiger partial charge in [0.05, 0.1) is 21.3 Å². The number of piperidine rings is 1. The molecule has 2 aromatic rings. The lowest BCUT2D eigenvalue weighted by atomic mass is 10.0. The zero-order valence-electron chi connectivity index (χ0n) is 17.3. The molecule has 4 N–H and O–H groups in total. The van der Waals surface area contributed by atoms with Crippen LogP contribution in [0.25, 0.3) is 10.2 Å². The molecule has 0 atom stereocenters. The molecule has 0 unspecified atom stereocenters. The summed E-state index contributed by atoms with van der Waals surface area (Å²) in [6.45, 7) is 0.723. The van der Waals surface area contributed by atoms with Crippen molar-refractivity contribution in [1.82, 2.24) is 15.6 Å². The van der Waals surface area contributed by atoms with Gasteiger partial charge in [0.25, 0.3) is 5.91 Å². The molecule has 1 aliphatic heterocycles. The summed E-state index contributed by atoms with van der Waals surface area (Å²) in [6, 6.07) is 0.754. The van der Waals surface area contributed by atoms with Gasteiger partial charge in [-0.3, -0.25) is 4.79 Å². The number of carboxylic acids is 1. The van der Waals surface area contributed by atoms with E-state index in [0.717, 1.165) is 17.4 Å². The number of carbonyl (C=O) groups excluding carboxylic acids is 1. The Hall–Kier alpha value is -3.30. The van der Waals surface area contributed by atoms with Gasteiger partial charge in [0.1, 0.15) is 5.82 Å². The van der Waals surface area contributed by atoms with Crippen molar-refractivity contribution in [2.45, 2.75) is 31.2 Å². The molecule has 9 nitrogen and oxygen atoms in total. The number of carboxylic acid groups (broad SMARTS) is 2. The molecule has 2 aromatic heterocycles. The molecule has 1 aliphatic rings. The lowest BCUT2D eigenvalue weighted by molar-refractivity contribution is -0.192. The minimum absolute atomic E-state index is 0.0231. The number of hydrogen-bond acceptors (Lipinski definition) is 6. The van der Waals surface area contributed by atoms with Gasteiger partial charge in [-0.15, -0.1) is 11.3 Å². The number of aliphatic carboxylic acids is 1. The number of aromatic nitrogens is 1. The predicted octanol–water partition coefficient (Wildman–Crippen LogP) is 3.54. The van der Waals surface area contributed by atoms with E-state index in [2.05, 4.69) is 15.6 Å². The normalized spacial score (nSPS) is 14.9. The van der Waals surface area contributed by atoms with E-state index in [-0.39, 0.29) is 27.6 Å². The van der Waals surface area contributed by atoms with E-state index >= 15 is 0 Å². The number of anilines is 1. The number of carbonyl (C=O) groups is 3. The number of fused-ring (bicyclic) bond motifs is 1.